The molecule has 2 aliphatic rings. The number of hydrogen-bond donors (Lipinski definition) is 1. The van der Waals surface area contributed by atoms with Crippen LogP contribution in [-0.4, -0.2) is 30.5 Å². The molecule has 3 rings (SSSR count). The van der Waals surface area contributed by atoms with Crippen LogP contribution in [0.5, 0.6) is 0 Å². The lowest BCUT2D eigenvalue weighted by molar-refractivity contribution is -0.159. The second kappa shape index (κ2) is 6.21. The predicted octanol–water partition coefficient (Wildman–Crippen LogP) is 3.49. The summed E-state index contributed by atoms with van der Waals surface area (Å²) in [5.74, 6) is -0.478. The van der Waals surface area contributed by atoms with Crippen LogP contribution in [-0.2, 0) is 9.47 Å². The van der Waals surface area contributed by atoms with Gasteiger partial charge in [0.2, 0.25) is 0 Å². The van der Waals surface area contributed by atoms with Gasteiger partial charge in [-0.15, -0.1) is 0 Å². The van der Waals surface area contributed by atoms with Crippen molar-refractivity contribution in [2.75, 3.05) is 19.8 Å². The Morgan fingerprint density at radius 2 is 2.05 bits per heavy atom. The van der Waals surface area contributed by atoms with Gasteiger partial charge in [0.25, 0.3) is 0 Å². The fraction of sp³-hybridized carbons (Fsp3) is 0.625. The molecule has 0 bridgehead atoms. The Kier molecular flexibility index (Phi) is 4.50. The van der Waals surface area contributed by atoms with Crippen molar-refractivity contribution in [3.05, 3.63) is 34.6 Å². The van der Waals surface area contributed by atoms with Crippen LogP contribution in [0, 0.1) is 11.7 Å². The van der Waals surface area contributed by atoms with Gasteiger partial charge in [-0.3, -0.25) is 0 Å². The van der Waals surface area contributed by atoms with Gasteiger partial charge in [0.1, 0.15) is 5.82 Å². The van der Waals surface area contributed by atoms with Crippen molar-refractivity contribution >= 4 is 11.6 Å². The van der Waals surface area contributed by atoms with Crippen molar-refractivity contribution in [3.8, 4) is 0 Å². The molecule has 2 atom stereocenters. The maximum absolute atomic E-state index is 14.0. The fourth-order valence-electron chi connectivity index (χ4n) is 3.46. The SMILES string of the molecule is OC(c1c(F)cccc1Cl)C1CCOC2(CCOCC2)C1. The third-order valence-electron chi connectivity index (χ3n) is 4.68. The third-order valence-corrected chi connectivity index (χ3v) is 5.01. The molecule has 116 valence electrons. The minimum atomic E-state index is -0.887. The summed E-state index contributed by atoms with van der Waals surface area (Å²) in [7, 11) is 0. The van der Waals surface area contributed by atoms with E-state index >= 15 is 0 Å². The van der Waals surface area contributed by atoms with E-state index in [2.05, 4.69) is 0 Å². The van der Waals surface area contributed by atoms with Crippen LogP contribution < -0.4 is 0 Å². The highest BCUT2D eigenvalue weighted by atomic mass is 35.5. The summed E-state index contributed by atoms with van der Waals surface area (Å²) in [6, 6.07) is 4.51. The van der Waals surface area contributed by atoms with E-state index in [0.29, 0.717) is 26.2 Å². The summed E-state index contributed by atoms with van der Waals surface area (Å²) in [4.78, 5) is 0. The van der Waals surface area contributed by atoms with E-state index in [-0.39, 0.29) is 22.1 Å². The van der Waals surface area contributed by atoms with E-state index in [9.17, 15) is 9.50 Å². The van der Waals surface area contributed by atoms with E-state index in [1.807, 2.05) is 0 Å². The van der Waals surface area contributed by atoms with Gasteiger partial charge in [-0.05, 0) is 43.7 Å². The molecule has 2 fully saturated rings. The molecule has 2 aliphatic heterocycles. The normalized spacial score (nSPS) is 26.7. The van der Waals surface area contributed by atoms with Gasteiger partial charge in [-0.1, -0.05) is 17.7 Å². The molecule has 1 N–H and O–H groups in total. The molecule has 0 aliphatic carbocycles. The van der Waals surface area contributed by atoms with Gasteiger partial charge in [0, 0.05) is 30.4 Å². The molecule has 0 radical (unpaired) electrons. The molecule has 2 heterocycles. The summed E-state index contributed by atoms with van der Waals surface area (Å²) in [5.41, 5.74) is -0.00635. The average molecular weight is 315 g/mol. The topological polar surface area (TPSA) is 38.7 Å². The lowest BCUT2D eigenvalue weighted by atomic mass is 9.77. The van der Waals surface area contributed by atoms with E-state index in [4.69, 9.17) is 21.1 Å². The fourth-order valence-corrected chi connectivity index (χ4v) is 3.73. The van der Waals surface area contributed by atoms with E-state index in [1.54, 1.807) is 12.1 Å². The summed E-state index contributed by atoms with van der Waals surface area (Å²) in [6.07, 6.45) is 2.22. The molecule has 2 unspecified atom stereocenters. The first-order chi connectivity index (χ1) is 10.1. The first kappa shape index (κ1) is 15.2. The summed E-state index contributed by atoms with van der Waals surface area (Å²) in [6.45, 7) is 1.96. The minimum Gasteiger partial charge on any atom is -0.388 e. The number of aliphatic hydroxyl groups excluding tert-OH is 1. The molecule has 2 saturated heterocycles. The van der Waals surface area contributed by atoms with Gasteiger partial charge in [0.15, 0.2) is 0 Å². The zero-order chi connectivity index (χ0) is 14.9. The van der Waals surface area contributed by atoms with Crippen LogP contribution >= 0.6 is 11.6 Å². The highest BCUT2D eigenvalue weighted by molar-refractivity contribution is 6.31. The first-order valence-electron chi connectivity index (χ1n) is 7.45. The molecule has 1 aromatic carbocycles. The zero-order valence-electron chi connectivity index (χ0n) is 11.9. The Bertz CT molecular complexity index is 477. The van der Waals surface area contributed by atoms with Crippen LogP contribution in [0.25, 0.3) is 0 Å². The lowest BCUT2D eigenvalue weighted by Gasteiger charge is -2.44. The van der Waals surface area contributed by atoms with Crippen LogP contribution in [0.3, 0.4) is 0 Å². The largest absolute Gasteiger partial charge is 0.388 e. The van der Waals surface area contributed by atoms with Crippen LogP contribution in [0.4, 0.5) is 4.39 Å². The number of aliphatic hydroxyl groups is 1. The number of hydrogen-bond acceptors (Lipinski definition) is 3. The average Bonchev–Trinajstić information content (AvgIpc) is 2.48. The molecule has 1 spiro atoms. The molecule has 0 saturated carbocycles. The summed E-state index contributed by atoms with van der Waals surface area (Å²) < 4.78 is 25.4. The first-order valence-corrected chi connectivity index (χ1v) is 7.83. The van der Waals surface area contributed by atoms with E-state index in [0.717, 1.165) is 19.3 Å². The maximum Gasteiger partial charge on any atom is 0.130 e. The van der Waals surface area contributed by atoms with Gasteiger partial charge in [-0.25, -0.2) is 4.39 Å². The monoisotopic (exact) mass is 314 g/mol. The van der Waals surface area contributed by atoms with E-state index < -0.39 is 11.9 Å². The summed E-state index contributed by atoms with van der Waals surface area (Å²) in [5, 5.41) is 10.9. The molecule has 3 nitrogen and oxygen atoms in total. The lowest BCUT2D eigenvalue weighted by Crippen LogP contribution is -2.45. The second-order valence-corrected chi connectivity index (χ2v) is 6.38. The molecule has 0 amide bonds. The molecular formula is C16H20ClFO3. The van der Waals surface area contributed by atoms with Crippen molar-refractivity contribution < 1.29 is 19.0 Å². The smallest absolute Gasteiger partial charge is 0.130 e. The number of halogens is 2. The van der Waals surface area contributed by atoms with Crippen LogP contribution in [0.1, 0.15) is 37.4 Å². The van der Waals surface area contributed by atoms with E-state index in [1.165, 1.54) is 6.07 Å². The van der Waals surface area contributed by atoms with Gasteiger partial charge >= 0.3 is 0 Å². The Balaban J connectivity index is 1.79. The Morgan fingerprint density at radius 1 is 1.29 bits per heavy atom. The quantitative estimate of drug-likeness (QED) is 0.908. The van der Waals surface area contributed by atoms with Crippen LogP contribution in [0.15, 0.2) is 18.2 Å². The zero-order valence-corrected chi connectivity index (χ0v) is 12.6. The maximum atomic E-state index is 14.0. The minimum absolute atomic E-state index is 0.0359. The molecule has 0 aromatic heterocycles. The number of ether oxygens (including phenoxy) is 2. The standard InChI is InChI=1S/C16H20ClFO3/c17-12-2-1-3-13(18)14(12)15(19)11-4-7-21-16(10-11)5-8-20-9-6-16/h1-3,11,15,19H,4-10H2. The van der Waals surface area contributed by atoms with Gasteiger partial charge in [0.05, 0.1) is 11.7 Å². The van der Waals surface area contributed by atoms with Crippen LogP contribution in [0.2, 0.25) is 5.02 Å². The van der Waals surface area contributed by atoms with Crippen molar-refractivity contribution in [1.82, 2.24) is 0 Å². The third kappa shape index (κ3) is 3.09. The highest BCUT2D eigenvalue weighted by Crippen LogP contribution is 2.43. The predicted molar refractivity (Wildman–Crippen MR) is 77.8 cm³/mol. The van der Waals surface area contributed by atoms with Crippen molar-refractivity contribution in [3.63, 3.8) is 0 Å². The second-order valence-electron chi connectivity index (χ2n) is 5.98. The number of rotatable bonds is 2. The van der Waals surface area contributed by atoms with Gasteiger partial charge in [-0.2, -0.15) is 0 Å². The number of benzene rings is 1. The Morgan fingerprint density at radius 3 is 2.76 bits per heavy atom. The Labute approximate surface area is 129 Å². The molecule has 5 heteroatoms. The highest BCUT2D eigenvalue weighted by Gasteiger charge is 2.42. The van der Waals surface area contributed by atoms with Gasteiger partial charge < -0.3 is 14.6 Å². The molecular weight excluding hydrogens is 295 g/mol. The van der Waals surface area contributed by atoms with Crippen molar-refractivity contribution in [2.45, 2.75) is 37.4 Å². The Hall–Kier alpha value is -0.680. The van der Waals surface area contributed by atoms with Crippen molar-refractivity contribution in [2.24, 2.45) is 5.92 Å². The van der Waals surface area contributed by atoms with Crippen molar-refractivity contribution in [1.29, 1.82) is 0 Å². The molecule has 21 heavy (non-hydrogen) atoms. The summed E-state index contributed by atoms with van der Waals surface area (Å²) >= 11 is 6.07. The molecule has 1 aromatic rings.